The lowest BCUT2D eigenvalue weighted by Crippen LogP contribution is -2.36. The van der Waals surface area contributed by atoms with Crippen molar-refractivity contribution in [2.24, 2.45) is 0 Å². The number of hydrogen-bond acceptors (Lipinski definition) is 5. The molecule has 6 nitrogen and oxygen atoms in total. The van der Waals surface area contributed by atoms with Gasteiger partial charge in [0.05, 0.1) is 17.7 Å². The van der Waals surface area contributed by atoms with Crippen molar-refractivity contribution in [2.75, 3.05) is 20.3 Å². The van der Waals surface area contributed by atoms with Gasteiger partial charge in [0.2, 0.25) is 0 Å². The normalized spacial score (nSPS) is 12.6. The van der Waals surface area contributed by atoms with E-state index in [0.717, 1.165) is 34.2 Å². The van der Waals surface area contributed by atoms with E-state index in [1.807, 2.05) is 37.3 Å². The van der Waals surface area contributed by atoms with Crippen LogP contribution < -0.4 is 20.1 Å². The third kappa shape index (κ3) is 5.64. The number of hydrogen-bond donors (Lipinski definition) is 1. The summed E-state index contributed by atoms with van der Waals surface area (Å²) in [6.45, 7) is 3.08. The van der Waals surface area contributed by atoms with E-state index in [0.29, 0.717) is 22.3 Å². The van der Waals surface area contributed by atoms with Crippen LogP contribution in [-0.2, 0) is 16.1 Å². The van der Waals surface area contributed by atoms with Crippen molar-refractivity contribution >= 4 is 44.8 Å². The van der Waals surface area contributed by atoms with E-state index in [-0.39, 0.29) is 17.7 Å². The monoisotopic (exact) mass is 463 g/mol. The van der Waals surface area contributed by atoms with Crippen molar-refractivity contribution in [3.05, 3.63) is 53.9 Å². The number of rotatable bonds is 8. The molecular formula is C20H22BrN3O3S. The minimum atomic E-state index is -0.461. The average molecular weight is 464 g/mol. The Morgan fingerprint density at radius 2 is 2.25 bits per heavy atom. The van der Waals surface area contributed by atoms with Gasteiger partial charge in [-0.3, -0.25) is 14.2 Å². The molecule has 1 N–H and O–H groups in total. The first-order valence-corrected chi connectivity index (χ1v) is 10.5. The first-order chi connectivity index (χ1) is 13.5. The van der Waals surface area contributed by atoms with Gasteiger partial charge in [0, 0.05) is 18.1 Å². The van der Waals surface area contributed by atoms with Crippen LogP contribution in [-0.4, -0.2) is 30.7 Å². The Morgan fingerprint density at radius 3 is 2.89 bits per heavy atom. The zero-order valence-corrected chi connectivity index (χ0v) is 18.2. The van der Waals surface area contributed by atoms with Gasteiger partial charge in [0.25, 0.3) is 11.5 Å². The summed E-state index contributed by atoms with van der Waals surface area (Å²) < 4.78 is 8.23. The highest BCUT2D eigenvalue weighted by atomic mass is 79.9. The number of carbonyl (C=O) groups is 1. The number of methoxy groups -OCH3 is 1. The molecule has 0 atom stereocenters. The summed E-state index contributed by atoms with van der Waals surface area (Å²) in [5.74, 6) is -0.461. The van der Waals surface area contributed by atoms with Crippen molar-refractivity contribution in [1.29, 1.82) is 5.26 Å². The highest BCUT2D eigenvalue weighted by molar-refractivity contribution is 9.10. The minimum absolute atomic E-state index is 0.0526. The Bertz CT molecular complexity index is 1050. The number of carbonyl (C=O) groups excluding carboxylic acids is 1. The van der Waals surface area contributed by atoms with Crippen molar-refractivity contribution in [3.63, 3.8) is 0 Å². The lowest BCUT2D eigenvalue weighted by Gasteiger charge is -2.04. The number of amides is 1. The van der Waals surface area contributed by atoms with Gasteiger partial charge >= 0.3 is 0 Å². The predicted octanol–water partition coefficient (Wildman–Crippen LogP) is 1.74. The molecular weight excluding hydrogens is 442 g/mol. The van der Waals surface area contributed by atoms with Crippen molar-refractivity contribution in [3.8, 4) is 6.07 Å². The molecule has 0 radical (unpaired) electrons. The molecule has 0 fully saturated rings. The Kier molecular flexibility index (Phi) is 8.64. The zero-order valence-electron chi connectivity index (χ0n) is 15.8. The lowest BCUT2D eigenvalue weighted by atomic mass is 10.2. The fraction of sp³-hybridized carbons (Fsp3) is 0.350. The summed E-state index contributed by atoms with van der Waals surface area (Å²) in [6.07, 6.45) is 3.52. The number of thiazole rings is 1. The van der Waals surface area contributed by atoms with Gasteiger partial charge in [0.15, 0.2) is 5.57 Å². The fourth-order valence-electron chi connectivity index (χ4n) is 2.50. The van der Waals surface area contributed by atoms with E-state index in [1.54, 1.807) is 6.08 Å². The summed E-state index contributed by atoms with van der Waals surface area (Å²) in [6, 6.07) is 9.52. The molecule has 2 rings (SSSR count). The van der Waals surface area contributed by atoms with Crippen LogP contribution in [0.15, 0.2) is 33.5 Å². The van der Waals surface area contributed by atoms with Crippen LogP contribution in [0.1, 0.15) is 25.3 Å². The summed E-state index contributed by atoms with van der Waals surface area (Å²) in [5, 5.41) is 12.3. The van der Waals surface area contributed by atoms with E-state index < -0.39 is 5.91 Å². The second kappa shape index (κ2) is 11.0. The van der Waals surface area contributed by atoms with E-state index >= 15 is 0 Å². The minimum Gasteiger partial charge on any atom is -0.383 e. The SMILES string of the molecule is CCCCNC(=O)/C(C#N)=c1\s/c(=C\c2cccc(Br)c2)c(=O)n1CCOC. The second-order valence-corrected chi connectivity index (χ2v) is 7.96. The van der Waals surface area contributed by atoms with Gasteiger partial charge < -0.3 is 10.1 Å². The van der Waals surface area contributed by atoms with Gasteiger partial charge in [-0.25, -0.2) is 0 Å². The number of nitriles is 1. The third-order valence-corrected chi connectivity index (χ3v) is 5.57. The molecule has 0 aliphatic heterocycles. The number of unbranched alkanes of at least 4 members (excludes halogenated alkanes) is 1. The third-order valence-electron chi connectivity index (χ3n) is 3.94. The topological polar surface area (TPSA) is 84.1 Å². The molecule has 0 spiro atoms. The number of nitrogens with zero attached hydrogens (tertiary/aromatic N) is 2. The molecule has 1 heterocycles. The highest BCUT2D eigenvalue weighted by Crippen LogP contribution is 2.11. The van der Waals surface area contributed by atoms with Gasteiger partial charge in [-0.05, 0) is 30.2 Å². The first kappa shape index (κ1) is 22.1. The van der Waals surface area contributed by atoms with E-state index in [4.69, 9.17) is 4.74 Å². The molecule has 1 aromatic heterocycles. The van der Waals surface area contributed by atoms with Crippen LogP contribution in [0.25, 0.3) is 11.6 Å². The zero-order chi connectivity index (χ0) is 20.5. The Morgan fingerprint density at radius 1 is 1.46 bits per heavy atom. The summed E-state index contributed by atoms with van der Waals surface area (Å²) in [4.78, 5) is 25.4. The maximum absolute atomic E-state index is 12.9. The van der Waals surface area contributed by atoms with Crippen molar-refractivity contribution in [2.45, 2.75) is 26.3 Å². The highest BCUT2D eigenvalue weighted by Gasteiger charge is 2.15. The van der Waals surface area contributed by atoms with Crippen molar-refractivity contribution < 1.29 is 9.53 Å². The summed E-state index contributed by atoms with van der Waals surface area (Å²) >= 11 is 4.56. The van der Waals surface area contributed by atoms with E-state index in [1.165, 1.54) is 11.7 Å². The maximum Gasteiger partial charge on any atom is 0.269 e. The Labute approximate surface area is 175 Å². The van der Waals surface area contributed by atoms with Crippen LogP contribution >= 0.6 is 27.3 Å². The van der Waals surface area contributed by atoms with Crippen LogP contribution in [0.3, 0.4) is 0 Å². The van der Waals surface area contributed by atoms with Crippen LogP contribution in [0, 0.1) is 11.3 Å². The number of nitrogens with one attached hydrogen (secondary N) is 1. The maximum atomic E-state index is 12.9. The molecule has 0 aliphatic carbocycles. The molecule has 0 unspecified atom stereocenters. The van der Waals surface area contributed by atoms with E-state index in [2.05, 4.69) is 21.2 Å². The van der Waals surface area contributed by atoms with Gasteiger partial charge in [0.1, 0.15) is 10.7 Å². The lowest BCUT2D eigenvalue weighted by molar-refractivity contribution is -0.115. The van der Waals surface area contributed by atoms with Gasteiger partial charge in [-0.1, -0.05) is 41.4 Å². The molecule has 0 saturated carbocycles. The number of halogens is 1. The Balaban J connectivity index is 2.63. The summed E-state index contributed by atoms with van der Waals surface area (Å²) in [7, 11) is 1.54. The van der Waals surface area contributed by atoms with Crippen molar-refractivity contribution in [1.82, 2.24) is 9.88 Å². The molecule has 0 saturated heterocycles. The second-order valence-electron chi connectivity index (χ2n) is 6.02. The molecule has 0 aliphatic rings. The summed E-state index contributed by atoms with van der Waals surface area (Å²) in [5.41, 5.74) is 0.554. The fourth-order valence-corrected chi connectivity index (χ4v) is 4.04. The average Bonchev–Trinajstić information content (AvgIpc) is 2.96. The largest absolute Gasteiger partial charge is 0.383 e. The van der Waals surface area contributed by atoms with Crippen LogP contribution in [0.4, 0.5) is 0 Å². The van der Waals surface area contributed by atoms with Gasteiger partial charge in [-0.15, -0.1) is 11.3 Å². The molecule has 2 aromatic rings. The molecule has 1 aromatic carbocycles. The predicted molar refractivity (Wildman–Crippen MR) is 114 cm³/mol. The molecule has 148 valence electrons. The number of aromatic nitrogens is 1. The molecule has 28 heavy (non-hydrogen) atoms. The molecule has 0 bridgehead atoms. The smallest absolute Gasteiger partial charge is 0.269 e. The number of ether oxygens (including phenoxy) is 1. The van der Waals surface area contributed by atoms with E-state index in [9.17, 15) is 14.9 Å². The van der Waals surface area contributed by atoms with Gasteiger partial charge in [-0.2, -0.15) is 5.26 Å². The quantitative estimate of drug-likeness (QED) is 0.604. The molecule has 8 heteroatoms. The number of benzene rings is 1. The van der Waals surface area contributed by atoms with Crippen LogP contribution in [0.5, 0.6) is 0 Å². The standard InChI is InChI=1S/C20H22BrN3O3S/c1-3-4-8-23-18(25)16(13-22)20-24(9-10-27-2)19(26)17(28-20)12-14-6-5-7-15(21)11-14/h5-7,11-12H,3-4,8-10H2,1-2H3,(H,23,25)/b17-12-,20-16-. The Hall–Kier alpha value is -2.21. The molecule has 1 amide bonds. The first-order valence-electron chi connectivity index (χ1n) is 8.90. The van der Waals surface area contributed by atoms with Crippen LogP contribution in [0.2, 0.25) is 0 Å².